The van der Waals surface area contributed by atoms with Crippen LogP contribution in [0.25, 0.3) is 0 Å². The summed E-state index contributed by atoms with van der Waals surface area (Å²) >= 11 is 15.2. The Kier molecular flexibility index (Phi) is 4.51. The third-order valence-electron chi connectivity index (χ3n) is 2.31. The molecular weight excluding hydrogens is 339 g/mol. The van der Waals surface area contributed by atoms with E-state index in [1.54, 1.807) is 30.3 Å². The third kappa shape index (κ3) is 3.18. The summed E-state index contributed by atoms with van der Waals surface area (Å²) in [5.41, 5.74) is 0.612. The van der Waals surface area contributed by atoms with E-state index in [2.05, 4.69) is 15.9 Å². The van der Waals surface area contributed by atoms with Gasteiger partial charge in [-0.05, 0) is 36.4 Å². The molecule has 0 aromatic heterocycles. The van der Waals surface area contributed by atoms with E-state index in [-0.39, 0.29) is 6.61 Å². The molecule has 0 heterocycles. The number of halogens is 3. The van der Waals surface area contributed by atoms with Crippen LogP contribution in [0.1, 0.15) is 5.56 Å². The molecule has 5 heteroatoms. The zero-order chi connectivity index (χ0) is 13.1. The summed E-state index contributed by atoms with van der Waals surface area (Å²) < 4.78 is 6.54. The summed E-state index contributed by atoms with van der Waals surface area (Å²) in [6.07, 6.45) is 0. The van der Waals surface area contributed by atoms with Crippen LogP contribution < -0.4 is 4.74 Å². The Labute approximate surface area is 123 Å². The topological polar surface area (TPSA) is 29.5 Å². The summed E-state index contributed by atoms with van der Waals surface area (Å²) in [7, 11) is 0. The van der Waals surface area contributed by atoms with Crippen LogP contribution in [0.3, 0.4) is 0 Å². The van der Waals surface area contributed by atoms with Crippen LogP contribution in [0.4, 0.5) is 0 Å². The van der Waals surface area contributed by atoms with Crippen molar-refractivity contribution >= 4 is 39.1 Å². The molecule has 18 heavy (non-hydrogen) atoms. The van der Waals surface area contributed by atoms with Gasteiger partial charge in [-0.15, -0.1) is 0 Å². The number of rotatable bonds is 3. The number of aliphatic hydroxyl groups is 1. The molecule has 2 aromatic carbocycles. The minimum Gasteiger partial charge on any atom is -0.455 e. The molecule has 0 aliphatic carbocycles. The van der Waals surface area contributed by atoms with Gasteiger partial charge in [0.25, 0.3) is 0 Å². The first kappa shape index (κ1) is 13.7. The lowest BCUT2D eigenvalue weighted by Crippen LogP contribution is -1.92. The van der Waals surface area contributed by atoms with Gasteiger partial charge in [0.15, 0.2) is 0 Å². The fourth-order valence-corrected chi connectivity index (χ4v) is 2.35. The Balaban J connectivity index is 2.33. The van der Waals surface area contributed by atoms with Crippen molar-refractivity contribution in [2.45, 2.75) is 6.61 Å². The lowest BCUT2D eigenvalue weighted by molar-refractivity contribution is 0.276. The largest absolute Gasteiger partial charge is 0.455 e. The monoisotopic (exact) mass is 346 g/mol. The van der Waals surface area contributed by atoms with Crippen molar-refractivity contribution in [2.24, 2.45) is 0 Å². The minimum atomic E-state index is -0.149. The van der Waals surface area contributed by atoms with Gasteiger partial charge in [0.05, 0.1) is 11.6 Å². The van der Waals surface area contributed by atoms with Crippen molar-refractivity contribution in [2.75, 3.05) is 0 Å². The van der Waals surface area contributed by atoms with E-state index in [1.807, 2.05) is 6.07 Å². The second-order valence-corrected chi connectivity index (χ2v) is 5.35. The van der Waals surface area contributed by atoms with Gasteiger partial charge in [-0.25, -0.2) is 0 Å². The van der Waals surface area contributed by atoms with Gasteiger partial charge in [0.2, 0.25) is 0 Å². The van der Waals surface area contributed by atoms with E-state index < -0.39 is 0 Å². The van der Waals surface area contributed by atoms with Crippen LogP contribution in [0.2, 0.25) is 10.0 Å². The quantitative estimate of drug-likeness (QED) is 0.842. The van der Waals surface area contributed by atoms with E-state index in [1.165, 1.54) is 0 Å². The van der Waals surface area contributed by atoms with Crippen molar-refractivity contribution in [1.82, 2.24) is 0 Å². The van der Waals surface area contributed by atoms with Gasteiger partial charge in [-0.2, -0.15) is 0 Å². The summed E-state index contributed by atoms with van der Waals surface area (Å²) in [4.78, 5) is 0. The number of hydrogen-bond acceptors (Lipinski definition) is 2. The van der Waals surface area contributed by atoms with Crippen molar-refractivity contribution in [3.63, 3.8) is 0 Å². The highest BCUT2D eigenvalue weighted by molar-refractivity contribution is 9.10. The lowest BCUT2D eigenvalue weighted by atomic mass is 10.2. The molecule has 0 unspecified atom stereocenters. The standard InChI is InChI=1S/C13H9BrCl2O2/c14-9-1-3-13(11(16)6-9)18-12-4-2-10(15)5-8(12)7-17/h1-6,17H,7H2. The van der Waals surface area contributed by atoms with Crippen LogP contribution in [0.5, 0.6) is 11.5 Å². The van der Waals surface area contributed by atoms with E-state index in [4.69, 9.17) is 27.9 Å². The second-order valence-electron chi connectivity index (χ2n) is 3.59. The maximum atomic E-state index is 9.26. The fourth-order valence-electron chi connectivity index (χ4n) is 1.45. The SMILES string of the molecule is OCc1cc(Cl)ccc1Oc1ccc(Br)cc1Cl. The molecule has 0 radical (unpaired) electrons. The van der Waals surface area contributed by atoms with Gasteiger partial charge in [0, 0.05) is 15.1 Å². The summed E-state index contributed by atoms with van der Waals surface area (Å²) in [5.74, 6) is 1.06. The molecule has 0 fully saturated rings. The van der Waals surface area contributed by atoms with Crippen molar-refractivity contribution in [3.05, 3.63) is 56.5 Å². The van der Waals surface area contributed by atoms with Crippen molar-refractivity contribution in [3.8, 4) is 11.5 Å². The molecule has 0 bridgehead atoms. The van der Waals surface area contributed by atoms with E-state index in [9.17, 15) is 5.11 Å². The Morgan fingerprint density at radius 2 is 1.78 bits per heavy atom. The molecule has 0 saturated heterocycles. The van der Waals surface area contributed by atoms with Crippen molar-refractivity contribution in [1.29, 1.82) is 0 Å². The average Bonchev–Trinajstić information content (AvgIpc) is 2.34. The zero-order valence-corrected chi connectivity index (χ0v) is 12.3. The molecule has 0 aliphatic heterocycles. The molecule has 0 spiro atoms. The van der Waals surface area contributed by atoms with Crippen LogP contribution in [0, 0.1) is 0 Å². The Bertz CT molecular complexity index is 573. The molecule has 0 saturated carbocycles. The van der Waals surface area contributed by atoms with Crippen LogP contribution in [-0.4, -0.2) is 5.11 Å². The first-order chi connectivity index (χ1) is 8.60. The Hall–Kier alpha value is -0.740. The van der Waals surface area contributed by atoms with Crippen LogP contribution >= 0.6 is 39.1 Å². The van der Waals surface area contributed by atoms with Crippen molar-refractivity contribution < 1.29 is 9.84 Å². The molecule has 1 N–H and O–H groups in total. The average molecular weight is 348 g/mol. The van der Waals surface area contributed by atoms with E-state index in [0.717, 1.165) is 4.47 Å². The zero-order valence-electron chi connectivity index (χ0n) is 9.16. The summed E-state index contributed by atoms with van der Waals surface area (Å²) in [5, 5.41) is 10.3. The Morgan fingerprint density at radius 3 is 2.44 bits per heavy atom. The maximum absolute atomic E-state index is 9.26. The number of ether oxygens (including phenoxy) is 1. The summed E-state index contributed by atoms with van der Waals surface area (Å²) in [6, 6.07) is 10.4. The first-order valence-corrected chi connectivity index (χ1v) is 6.67. The van der Waals surface area contributed by atoms with Gasteiger partial charge in [0.1, 0.15) is 11.5 Å². The second kappa shape index (κ2) is 5.93. The molecule has 0 aliphatic rings. The number of benzene rings is 2. The maximum Gasteiger partial charge on any atom is 0.146 e. The third-order valence-corrected chi connectivity index (χ3v) is 3.33. The highest BCUT2D eigenvalue weighted by atomic mass is 79.9. The fraction of sp³-hybridized carbons (Fsp3) is 0.0769. The molecule has 0 amide bonds. The highest BCUT2D eigenvalue weighted by Gasteiger charge is 2.08. The number of hydrogen-bond donors (Lipinski definition) is 1. The number of aliphatic hydroxyl groups excluding tert-OH is 1. The predicted octanol–water partition coefficient (Wildman–Crippen LogP) is 5.04. The highest BCUT2D eigenvalue weighted by Crippen LogP contribution is 2.34. The van der Waals surface area contributed by atoms with E-state index in [0.29, 0.717) is 27.1 Å². The van der Waals surface area contributed by atoms with Gasteiger partial charge in [-0.1, -0.05) is 39.1 Å². The molecular formula is C13H9BrCl2O2. The smallest absolute Gasteiger partial charge is 0.146 e. The Morgan fingerprint density at radius 1 is 1.06 bits per heavy atom. The molecule has 2 nitrogen and oxygen atoms in total. The molecule has 2 aromatic rings. The lowest BCUT2D eigenvalue weighted by Gasteiger charge is -2.11. The van der Waals surface area contributed by atoms with Gasteiger partial charge >= 0.3 is 0 Å². The molecule has 2 rings (SSSR count). The first-order valence-electron chi connectivity index (χ1n) is 5.12. The van der Waals surface area contributed by atoms with E-state index >= 15 is 0 Å². The summed E-state index contributed by atoms with van der Waals surface area (Å²) in [6.45, 7) is -0.149. The van der Waals surface area contributed by atoms with Gasteiger partial charge in [-0.3, -0.25) is 0 Å². The van der Waals surface area contributed by atoms with Gasteiger partial charge < -0.3 is 9.84 Å². The predicted molar refractivity (Wildman–Crippen MR) is 76.6 cm³/mol. The molecule has 0 atom stereocenters. The normalized spacial score (nSPS) is 10.4. The molecule has 94 valence electrons. The van der Waals surface area contributed by atoms with Crippen LogP contribution in [0.15, 0.2) is 40.9 Å². The minimum absolute atomic E-state index is 0.149. The van der Waals surface area contributed by atoms with Crippen LogP contribution in [-0.2, 0) is 6.61 Å².